The molecule has 0 saturated carbocycles. The molecular formula is C25H23Cl2FN6O2. The van der Waals surface area contributed by atoms with Crippen molar-refractivity contribution in [2.75, 3.05) is 31.1 Å². The van der Waals surface area contributed by atoms with Crippen LogP contribution >= 0.6 is 23.2 Å². The van der Waals surface area contributed by atoms with Crippen LogP contribution in [0.3, 0.4) is 0 Å². The SMILES string of the molecule is Cc1cnc(C)c(N2CCN(C(=O)c3cc(Cc4c[nH]c(=O)c5cc(Cl)c(Cl)n45)ccc3F)CC2)n1. The normalized spacial score (nSPS) is 14.0. The lowest BCUT2D eigenvalue weighted by molar-refractivity contribution is 0.0741. The Morgan fingerprint density at radius 3 is 2.64 bits per heavy atom. The highest BCUT2D eigenvalue weighted by Crippen LogP contribution is 2.27. The van der Waals surface area contributed by atoms with Gasteiger partial charge in [-0.2, -0.15) is 0 Å². The average molecular weight is 529 g/mol. The van der Waals surface area contributed by atoms with Gasteiger partial charge in [0, 0.05) is 50.7 Å². The van der Waals surface area contributed by atoms with Crippen molar-refractivity contribution in [3.8, 4) is 0 Å². The summed E-state index contributed by atoms with van der Waals surface area (Å²) >= 11 is 12.4. The number of nitrogens with zero attached hydrogens (tertiary/aromatic N) is 5. The van der Waals surface area contributed by atoms with Gasteiger partial charge in [-0.25, -0.2) is 9.37 Å². The van der Waals surface area contributed by atoms with Crippen LogP contribution in [0.5, 0.6) is 0 Å². The second-order valence-electron chi connectivity index (χ2n) is 8.80. The Morgan fingerprint density at radius 2 is 1.89 bits per heavy atom. The first-order valence-electron chi connectivity index (χ1n) is 11.4. The monoisotopic (exact) mass is 528 g/mol. The van der Waals surface area contributed by atoms with Crippen LogP contribution in [0.15, 0.2) is 41.5 Å². The van der Waals surface area contributed by atoms with Crippen LogP contribution in [-0.2, 0) is 6.42 Å². The number of piperazine rings is 1. The molecule has 4 heterocycles. The van der Waals surface area contributed by atoms with E-state index in [0.717, 1.165) is 17.2 Å². The Kier molecular flexibility index (Phi) is 6.44. The van der Waals surface area contributed by atoms with Crippen molar-refractivity contribution in [3.63, 3.8) is 0 Å². The number of H-pyrrole nitrogens is 1. The maximum atomic E-state index is 14.8. The van der Waals surface area contributed by atoms with E-state index in [0.29, 0.717) is 49.4 Å². The van der Waals surface area contributed by atoms with E-state index < -0.39 is 5.82 Å². The van der Waals surface area contributed by atoms with Crippen molar-refractivity contribution >= 4 is 40.4 Å². The molecule has 0 atom stereocenters. The fourth-order valence-electron chi connectivity index (χ4n) is 4.49. The van der Waals surface area contributed by atoms with E-state index >= 15 is 0 Å². The number of halogens is 3. The molecule has 0 aliphatic carbocycles. The van der Waals surface area contributed by atoms with Crippen LogP contribution in [0, 0.1) is 19.7 Å². The molecule has 1 N–H and O–H groups in total. The smallest absolute Gasteiger partial charge is 0.272 e. The van der Waals surface area contributed by atoms with Gasteiger partial charge in [-0.1, -0.05) is 29.3 Å². The summed E-state index contributed by atoms with van der Waals surface area (Å²) in [7, 11) is 0. The van der Waals surface area contributed by atoms with Crippen LogP contribution in [0.4, 0.5) is 10.2 Å². The molecule has 36 heavy (non-hydrogen) atoms. The molecule has 11 heteroatoms. The first-order chi connectivity index (χ1) is 17.2. The predicted molar refractivity (Wildman–Crippen MR) is 137 cm³/mol. The minimum atomic E-state index is -0.583. The predicted octanol–water partition coefficient (Wildman–Crippen LogP) is 4.03. The summed E-state index contributed by atoms with van der Waals surface area (Å²) < 4.78 is 16.3. The molecule has 1 aliphatic heterocycles. The zero-order chi connectivity index (χ0) is 25.6. The number of aryl methyl sites for hydroxylation is 2. The van der Waals surface area contributed by atoms with E-state index in [2.05, 4.69) is 19.9 Å². The molecule has 1 aliphatic rings. The molecule has 1 aromatic carbocycles. The second kappa shape index (κ2) is 9.55. The van der Waals surface area contributed by atoms with E-state index in [1.807, 2.05) is 13.8 Å². The van der Waals surface area contributed by atoms with Gasteiger partial charge in [0.2, 0.25) is 0 Å². The summed E-state index contributed by atoms with van der Waals surface area (Å²) in [5.74, 6) is -0.138. The second-order valence-corrected chi connectivity index (χ2v) is 9.57. The number of fused-ring (bicyclic) bond motifs is 1. The highest BCUT2D eigenvalue weighted by molar-refractivity contribution is 6.42. The van der Waals surface area contributed by atoms with E-state index in [1.165, 1.54) is 18.3 Å². The highest BCUT2D eigenvalue weighted by Gasteiger charge is 2.26. The van der Waals surface area contributed by atoms with Crippen molar-refractivity contribution in [2.45, 2.75) is 20.3 Å². The highest BCUT2D eigenvalue weighted by atomic mass is 35.5. The summed E-state index contributed by atoms with van der Waals surface area (Å²) in [6.45, 7) is 5.83. The number of anilines is 1. The first-order valence-corrected chi connectivity index (χ1v) is 12.2. The van der Waals surface area contributed by atoms with Gasteiger partial charge < -0.3 is 14.8 Å². The average Bonchev–Trinajstić information content (AvgIpc) is 3.18. The van der Waals surface area contributed by atoms with Crippen molar-refractivity contribution in [1.82, 2.24) is 24.3 Å². The molecule has 0 bridgehead atoms. The fraction of sp³-hybridized carbons (Fsp3) is 0.280. The molecule has 0 radical (unpaired) electrons. The lowest BCUT2D eigenvalue weighted by Crippen LogP contribution is -2.49. The Labute approximate surface area is 216 Å². The summed E-state index contributed by atoms with van der Waals surface area (Å²) in [5.41, 5.74) is 2.99. The minimum absolute atomic E-state index is 0.00443. The number of carbonyl (C=O) groups excluding carboxylic acids is 1. The van der Waals surface area contributed by atoms with Crippen LogP contribution in [-0.4, -0.2) is 56.3 Å². The maximum Gasteiger partial charge on any atom is 0.272 e. The standard InChI is InChI=1S/C25H23Cl2FN6O2/c1-14-12-29-15(2)23(31-14)32-5-7-33(8-6-32)25(36)18-10-16(3-4-20(18)28)9-17-13-30-24(35)21-11-19(26)22(27)34(17)21/h3-4,10-13H,5-9H2,1-2H3,(H,30,35). The Balaban J connectivity index is 1.36. The van der Waals surface area contributed by atoms with Gasteiger partial charge in [-0.3, -0.25) is 19.0 Å². The van der Waals surface area contributed by atoms with Gasteiger partial charge in [0.1, 0.15) is 22.3 Å². The van der Waals surface area contributed by atoms with Gasteiger partial charge in [0.05, 0.1) is 22.0 Å². The van der Waals surface area contributed by atoms with E-state index in [-0.39, 0.29) is 27.2 Å². The van der Waals surface area contributed by atoms with Crippen LogP contribution in [0.25, 0.3) is 5.52 Å². The number of benzene rings is 1. The number of hydrogen-bond donors (Lipinski definition) is 1. The first kappa shape index (κ1) is 24.3. The number of amides is 1. The molecular weight excluding hydrogens is 506 g/mol. The quantitative estimate of drug-likeness (QED) is 0.432. The zero-order valence-electron chi connectivity index (χ0n) is 19.7. The van der Waals surface area contributed by atoms with E-state index in [4.69, 9.17) is 23.2 Å². The number of aromatic nitrogens is 4. The van der Waals surface area contributed by atoms with Crippen molar-refractivity contribution in [2.24, 2.45) is 0 Å². The van der Waals surface area contributed by atoms with Gasteiger partial charge in [-0.15, -0.1) is 0 Å². The molecule has 1 fully saturated rings. The molecule has 1 amide bonds. The number of aromatic amines is 1. The van der Waals surface area contributed by atoms with Gasteiger partial charge in [-0.05, 0) is 37.6 Å². The molecule has 8 nitrogen and oxygen atoms in total. The molecule has 4 aromatic rings. The third kappa shape index (κ3) is 4.44. The topological polar surface area (TPSA) is 86.6 Å². The van der Waals surface area contributed by atoms with Crippen molar-refractivity contribution in [1.29, 1.82) is 0 Å². The molecule has 5 rings (SSSR count). The van der Waals surface area contributed by atoms with Gasteiger partial charge in [0.25, 0.3) is 11.5 Å². The Morgan fingerprint density at radius 1 is 1.14 bits per heavy atom. The Bertz CT molecular complexity index is 1540. The van der Waals surface area contributed by atoms with Crippen LogP contribution < -0.4 is 10.5 Å². The molecule has 0 unspecified atom stereocenters. The van der Waals surface area contributed by atoms with Crippen molar-refractivity contribution < 1.29 is 9.18 Å². The molecule has 1 saturated heterocycles. The third-order valence-electron chi connectivity index (χ3n) is 6.35. The summed E-state index contributed by atoms with van der Waals surface area (Å²) in [6.07, 6.45) is 3.57. The number of rotatable bonds is 4. The number of hydrogen-bond acceptors (Lipinski definition) is 5. The number of nitrogens with one attached hydrogen (secondary N) is 1. The summed E-state index contributed by atoms with van der Waals surface area (Å²) in [4.78, 5) is 40.8. The van der Waals surface area contributed by atoms with Crippen LogP contribution in [0.1, 0.15) is 33.0 Å². The zero-order valence-corrected chi connectivity index (χ0v) is 21.2. The molecule has 186 valence electrons. The fourth-order valence-corrected chi connectivity index (χ4v) is 4.94. The third-order valence-corrected chi connectivity index (χ3v) is 7.11. The largest absolute Gasteiger partial charge is 0.352 e. The summed E-state index contributed by atoms with van der Waals surface area (Å²) in [5, 5.41) is 0.480. The molecule has 3 aromatic heterocycles. The lowest BCUT2D eigenvalue weighted by atomic mass is 10.0. The number of carbonyl (C=O) groups is 1. The molecule has 0 spiro atoms. The maximum absolute atomic E-state index is 14.8. The summed E-state index contributed by atoms with van der Waals surface area (Å²) in [6, 6.07) is 5.95. The Hall–Kier alpha value is -3.43. The van der Waals surface area contributed by atoms with Gasteiger partial charge in [0.15, 0.2) is 0 Å². The minimum Gasteiger partial charge on any atom is -0.352 e. The van der Waals surface area contributed by atoms with Gasteiger partial charge >= 0.3 is 0 Å². The van der Waals surface area contributed by atoms with Crippen molar-refractivity contribution in [3.05, 3.63) is 91.2 Å². The van der Waals surface area contributed by atoms with Crippen LogP contribution in [0.2, 0.25) is 10.2 Å². The van der Waals surface area contributed by atoms with E-state index in [9.17, 15) is 14.0 Å². The lowest BCUT2D eigenvalue weighted by Gasteiger charge is -2.36. The van der Waals surface area contributed by atoms with E-state index in [1.54, 1.807) is 27.6 Å².